The highest BCUT2D eigenvalue weighted by Gasteiger charge is 2.50. The molecule has 0 radical (unpaired) electrons. The minimum Gasteiger partial charge on any atom is -0.393 e. The van der Waals surface area contributed by atoms with Crippen molar-refractivity contribution in [1.29, 1.82) is 0 Å². The fraction of sp³-hybridized carbons (Fsp3) is 0.700. The van der Waals surface area contributed by atoms with Gasteiger partial charge in [-0.25, -0.2) is 4.98 Å². The first-order valence-corrected chi connectivity index (χ1v) is 10.2. The van der Waals surface area contributed by atoms with Crippen LogP contribution >= 0.6 is 0 Å². The van der Waals surface area contributed by atoms with Crippen molar-refractivity contribution in [2.24, 2.45) is 5.41 Å². The molecule has 1 saturated carbocycles. The molecule has 0 unspecified atom stereocenters. The summed E-state index contributed by atoms with van der Waals surface area (Å²) in [6.45, 7) is 4.16. The number of likely N-dealkylation sites (tertiary alicyclic amines) is 1. The van der Waals surface area contributed by atoms with Gasteiger partial charge in [-0.05, 0) is 57.4 Å². The number of hydrogen-bond acceptors (Lipinski definition) is 6. The van der Waals surface area contributed by atoms with Crippen LogP contribution in [-0.2, 0) is 4.79 Å². The molecule has 3 fully saturated rings. The lowest BCUT2D eigenvalue weighted by atomic mass is 9.77. The van der Waals surface area contributed by atoms with Gasteiger partial charge in [-0.2, -0.15) is 0 Å². The number of carbonyl (C=O) groups is 1. The molecule has 2 saturated heterocycles. The second-order valence-corrected chi connectivity index (χ2v) is 8.57. The lowest BCUT2D eigenvalue weighted by Crippen LogP contribution is -2.47. The van der Waals surface area contributed by atoms with Gasteiger partial charge in [0.25, 0.3) is 5.69 Å². The molecule has 3 aliphatic rings. The molecule has 1 aromatic heterocycles. The number of aromatic nitrogens is 1. The quantitative estimate of drug-likeness (QED) is 0.630. The number of aryl methyl sites for hydroxylation is 1. The van der Waals surface area contributed by atoms with E-state index in [0.717, 1.165) is 76.0 Å². The molecule has 1 N–H and O–H groups in total. The molecule has 4 rings (SSSR count). The fourth-order valence-corrected chi connectivity index (χ4v) is 5.16. The Hall–Kier alpha value is -2.22. The maximum Gasteiger partial charge on any atom is 0.287 e. The number of aliphatic hydroxyl groups is 1. The molecule has 0 atom stereocenters. The van der Waals surface area contributed by atoms with Crippen molar-refractivity contribution in [1.82, 2.24) is 9.88 Å². The van der Waals surface area contributed by atoms with Gasteiger partial charge in [0.15, 0.2) is 0 Å². The standard InChI is InChI=1S/C20H28N4O4/c1-14-12-16(24(27)28)13-21-18(14)22-9-6-20(7-10-22)8-11-23(19(20)26)15-2-4-17(25)5-3-15/h12-13,15,17,25H,2-11H2,1H3. The minimum absolute atomic E-state index is 0.00828. The SMILES string of the molecule is Cc1cc([N+](=O)[O-])cnc1N1CCC2(CC1)CCN(C1CCC(O)CC1)C2=O. The van der Waals surface area contributed by atoms with Gasteiger partial charge in [-0.15, -0.1) is 0 Å². The Morgan fingerprint density at radius 1 is 1.18 bits per heavy atom. The van der Waals surface area contributed by atoms with Gasteiger partial charge in [0.1, 0.15) is 12.0 Å². The van der Waals surface area contributed by atoms with E-state index < -0.39 is 4.92 Å². The molecule has 8 nitrogen and oxygen atoms in total. The lowest BCUT2D eigenvalue weighted by molar-refractivity contribution is -0.385. The molecule has 2 aliphatic heterocycles. The predicted octanol–water partition coefficient (Wildman–Crippen LogP) is 2.42. The van der Waals surface area contributed by atoms with Gasteiger partial charge in [0.2, 0.25) is 5.91 Å². The van der Waals surface area contributed by atoms with E-state index >= 15 is 0 Å². The van der Waals surface area contributed by atoms with E-state index in [1.165, 1.54) is 6.20 Å². The van der Waals surface area contributed by atoms with Crippen molar-refractivity contribution >= 4 is 17.4 Å². The molecule has 0 aromatic carbocycles. The number of amides is 1. The van der Waals surface area contributed by atoms with E-state index in [2.05, 4.69) is 14.8 Å². The largest absolute Gasteiger partial charge is 0.393 e. The Kier molecular flexibility index (Phi) is 4.99. The molecular weight excluding hydrogens is 360 g/mol. The molecule has 28 heavy (non-hydrogen) atoms. The van der Waals surface area contributed by atoms with E-state index in [0.29, 0.717) is 5.91 Å². The summed E-state index contributed by atoms with van der Waals surface area (Å²) in [4.78, 5) is 32.3. The van der Waals surface area contributed by atoms with Crippen LogP contribution in [0.25, 0.3) is 0 Å². The van der Waals surface area contributed by atoms with Crippen LogP contribution in [0.5, 0.6) is 0 Å². The van der Waals surface area contributed by atoms with Gasteiger partial charge in [0.05, 0.1) is 16.4 Å². The minimum atomic E-state index is -0.426. The van der Waals surface area contributed by atoms with Crippen molar-refractivity contribution in [3.8, 4) is 0 Å². The molecule has 1 amide bonds. The zero-order valence-electron chi connectivity index (χ0n) is 16.3. The number of hydrogen-bond donors (Lipinski definition) is 1. The van der Waals surface area contributed by atoms with Gasteiger partial charge in [0, 0.05) is 31.7 Å². The second kappa shape index (κ2) is 7.31. The Morgan fingerprint density at radius 2 is 1.82 bits per heavy atom. The van der Waals surface area contributed by atoms with Crippen molar-refractivity contribution in [2.75, 3.05) is 24.5 Å². The van der Waals surface area contributed by atoms with E-state index in [1.54, 1.807) is 6.07 Å². The summed E-state index contributed by atoms with van der Waals surface area (Å²) < 4.78 is 0. The molecule has 3 heterocycles. The van der Waals surface area contributed by atoms with Crippen LogP contribution in [0, 0.1) is 22.5 Å². The molecule has 0 bridgehead atoms. The lowest BCUT2D eigenvalue weighted by Gasteiger charge is -2.40. The number of aliphatic hydroxyl groups excluding tert-OH is 1. The highest BCUT2D eigenvalue weighted by molar-refractivity contribution is 5.85. The van der Waals surface area contributed by atoms with Crippen molar-refractivity contribution in [3.63, 3.8) is 0 Å². The third-order valence-corrected chi connectivity index (χ3v) is 6.92. The monoisotopic (exact) mass is 388 g/mol. The highest BCUT2D eigenvalue weighted by atomic mass is 16.6. The Bertz CT molecular complexity index is 767. The van der Waals surface area contributed by atoms with Crippen molar-refractivity contribution in [2.45, 2.75) is 64.0 Å². The van der Waals surface area contributed by atoms with Gasteiger partial charge in [-0.3, -0.25) is 14.9 Å². The van der Waals surface area contributed by atoms with Crippen LogP contribution in [0.4, 0.5) is 11.5 Å². The predicted molar refractivity (Wildman–Crippen MR) is 104 cm³/mol. The summed E-state index contributed by atoms with van der Waals surface area (Å²) in [5, 5.41) is 20.7. The first-order chi connectivity index (χ1) is 13.4. The van der Waals surface area contributed by atoms with E-state index in [9.17, 15) is 20.0 Å². The van der Waals surface area contributed by atoms with E-state index in [1.807, 2.05) is 6.92 Å². The summed E-state index contributed by atoms with van der Waals surface area (Å²) in [5.41, 5.74) is 0.542. The van der Waals surface area contributed by atoms with E-state index in [-0.39, 0.29) is 23.2 Å². The Morgan fingerprint density at radius 3 is 2.43 bits per heavy atom. The van der Waals surface area contributed by atoms with E-state index in [4.69, 9.17) is 0 Å². The third kappa shape index (κ3) is 3.34. The van der Waals surface area contributed by atoms with Crippen LogP contribution in [0.3, 0.4) is 0 Å². The molecule has 152 valence electrons. The van der Waals surface area contributed by atoms with Crippen LogP contribution in [0.2, 0.25) is 0 Å². The smallest absolute Gasteiger partial charge is 0.287 e. The summed E-state index contributed by atoms with van der Waals surface area (Å²) in [5.74, 6) is 1.07. The summed E-state index contributed by atoms with van der Waals surface area (Å²) in [6.07, 6.45) is 7.01. The number of nitrogens with zero attached hydrogens (tertiary/aromatic N) is 4. The number of anilines is 1. The number of pyridine rings is 1. The summed E-state index contributed by atoms with van der Waals surface area (Å²) in [6, 6.07) is 1.85. The van der Waals surface area contributed by atoms with Crippen molar-refractivity contribution in [3.05, 3.63) is 27.9 Å². The number of nitro groups is 1. The van der Waals surface area contributed by atoms with Gasteiger partial charge < -0.3 is 14.9 Å². The Labute approximate surface area is 164 Å². The first kappa shape index (κ1) is 19.1. The average molecular weight is 388 g/mol. The fourth-order valence-electron chi connectivity index (χ4n) is 5.16. The second-order valence-electron chi connectivity index (χ2n) is 8.57. The number of piperidine rings is 1. The Balaban J connectivity index is 1.41. The average Bonchev–Trinajstić information content (AvgIpc) is 2.99. The first-order valence-electron chi connectivity index (χ1n) is 10.2. The van der Waals surface area contributed by atoms with Crippen LogP contribution < -0.4 is 4.90 Å². The third-order valence-electron chi connectivity index (χ3n) is 6.92. The molecular formula is C20H28N4O4. The highest BCUT2D eigenvalue weighted by Crippen LogP contribution is 2.44. The molecule has 1 aromatic rings. The van der Waals surface area contributed by atoms with Crippen molar-refractivity contribution < 1.29 is 14.8 Å². The normalized spacial score (nSPS) is 27.4. The number of rotatable bonds is 3. The summed E-state index contributed by atoms with van der Waals surface area (Å²) in [7, 11) is 0. The zero-order chi connectivity index (χ0) is 19.9. The molecule has 8 heteroatoms. The maximum atomic E-state index is 13.2. The zero-order valence-corrected chi connectivity index (χ0v) is 16.3. The molecule has 1 spiro atoms. The van der Waals surface area contributed by atoms with Crippen LogP contribution in [0.1, 0.15) is 50.5 Å². The van der Waals surface area contributed by atoms with Crippen LogP contribution in [-0.4, -0.2) is 57.6 Å². The maximum absolute atomic E-state index is 13.2. The van der Waals surface area contributed by atoms with Gasteiger partial charge >= 0.3 is 0 Å². The van der Waals surface area contributed by atoms with Gasteiger partial charge in [-0.1, -0.05) is 0 Å². The summed E-state index contributed by atoms with van der Waals surface area (Å²) >= 11 is 0. The molecule has 1 aliphatic carbocycles. The topological polar surface area (TPSA) is 99.8 Å². The van der Waals surface area contributed by atoms with Crippen LogP contribution in [0.15, 0.2) is 12.3 Å². The number of carbonyl (C=O) groups excluding carboxylic acids is 1.